The first-order valence-electron chi connectivity index (χ1n) is 3.11. The molecule has 0 amide bonds. The summed E-state index contributed by atoms with van der Waals surface area (Å²) in [6.07, 6.45) is 0. The van der Waals surface area contributed by atoms with Crippen LogP contribution in [0.1, 0.15) is 6.92 Å². The Hall–Kier alpha value is 0.620. The van der Waals surface area contributed by atoms with Crippen LogP contribution in [0.5, 0.6) is 0 Å². The first kappa shape index (κ1) is 7.72. The molecule has 0 unspecified atom stereocenters. The zero-order chi connectivity index (χ0) is 6.91. The normalized spacial score (nSPS) is 27.0. The Morgan fingerprint density at radius 3 is 2.56 bits per heavy atom. The zero-order valence-electron chi connectivity index (χ0n) is 5.46. The van der Waals surface area contributed by atoms with E-state index in [1.165, 1.54) is 0 Å². The number of nitrogens with zero attached hydrogens (tertiary/aromatic N) is 1. The summed E-state index contributed by atoms with van der Waals surface area (Å²) in [6.45, 7) is 5.14. The Morgan fingerprint density at radius 2 is 2.33 bits per heavy atom. The second-order valence-electron chi connectivity index (χ2n) is 2.14. The van der Waals surface area contributed by atoms with Crippen LogP contribution in [0.2, 0.25) is 0 Å². The summed E-state index contributed by atoms with van der Waals surface area (Å²) in [5.74, 6) is 0. The van der Waals surface area contributed by atoms with E-state index in [-0.39, 0.29) is 4.33 Å². The molecule has 0 aromatic carbocycles. The minimum absolute atomic E-state index is 0.366. The SMILES string of the molecule is CCN1CCNC1(S)S. The van der Waals surface area contributed by atoms with E-state index in [1.807, 2.05) is 0 Å². The molecule has 0 atom stereocenters. The third-order valence-corrected chi connectivity index (χ3v) is 2.45. The fraction of sp³-hybridized carbons (Fsp3) is 1.00. The Morgan fingerprint density at radius 1 is 1.67 bits per heavy atom. The second-order valence-corrected chi connectivity index (χ2v) is 3.79. The summed E-state index contributed by atoms with van der Waals surface area (Å²) in [6, 6.07) is 0. The van der Waals surface area contributed by atoms with Gasteiger partial charge in [0.05, 0.1) is 0 Å². The smallest absolute Gasteiger partial charge is 0.162 e. The average Bonchev–Trinajstić information content (AvgIpc) is 2.08. The Labute approximate surface area is 66.8 Å². The minimum Gasteiger partial charge on any atom is -0.281 e. The van der Waals surface area contributed by atoms with Gasteiger partial charge >= 0.3 is 0 Å². The highest BCUT2D eigenvalue weighted by molar-refractivity contribution is 8.00. The number of hydrogen-bond acceptors (Lipinski definition) is 4. The van der Waals surface area contributed by atoms with Crippen LogP contribution in [0.4, 0.5) is 0 Å². The zero-order valence-corrected chi connectivity index (χ0v) is 7.25. The average molecular weight is 164 g/mol. The van der Waals surface area contributed by atoms with Crippen LogP contribution in [-0.2, 0) is 0 Å². The monoisotopic (exact) mass is 164 g/mol. The standard InChI is InChI=1S/C5H12N2S2/c1-2-7-4-3-6-5(7,8)9/h6,8-9H,2-4H2,1H3. The largest absolute Gasteiger partial charge is 0.281 e. The van der Waals surface area contributed by atoms with Crippen LogP contribution < -0.4 is 5.32 Å². The van der Waals surface area contributed by atoms with Crippen LogP contribution >= 0.6 is 25.3 Å². The van der Waals surface area contributed by atoms with Crippen molar-refractivity contribution in [3.05, 3.63) is 0 Å². The molecular formula is C5H12N2S2. The maximum absolute atomic E-state index is 4.30. The minimum atomic E-state index is -0.366. The number of nitrogens with one attached hydrogen (secondary N) is 1. The summed E-state index contributed by atoms with van der Waals surface area (Å²) < 4.78 is -0.366. The topological polar surface area (TPSA) is 15.3 Å². The van der Waals surface area contributed by atoms with Gasteiger partial charge in [0.2, 0.25) is 0 Å². The molecule has 1 N–H and O–H groups in total. The summed E-state index contributed by atoms with van der Waals surface area (Å²) in [4.78, 5) is 2.17. The molecule has 0 radical (unpaired) electrons. The summed E-state index contributed by atoms with van der Waals surface area (Å²) in [5, 5.41) is 3.15. The Balaban J connectivity index is 2.52. The van der Waals surface area contributed by atoms with Crippen molar-refractivity contribution in [2.75, 3.05) is 19.6 Å². The molecule has 1 rings (SSSR count). The van der Waals surface area contributed by atoms with E-state index in [1.54, 1.807) is 0 Å². The number of likely N-dealkylation sites (N-methyl/N-ethyl adjacent to an activating group) is 1. The third kappa shape index (κ3) is 1.55. The molecule has 1 aliphatic rings. The molecule has 0 aromatic rings. The van der Waals surface area contributed by atoms with Gasteiger partial charge in [0, 0.05) is 13.1 Å². The molecular weight excluding hydrogens is 152 g/mol. The highest BCUT2D eigenvalue weighted by atomic mass is 32.2. The van der Waals surface area contributed by atoms with Crippen LogP contribution in [0.3, 0.4) is 0 Å². The van der Waals surface area contributed by atoms with Gasteiger partial charge in [-0.3, -0.25) is 10.2 Å². The third-order valence-electron chi connectivity index (χ3n) is 1.57. The van der Waals surface area contributed by atoms with Gasteiger partial charge in [0.25, 0.3) is 0 Å². The van der Waals surface area contributed by atoms with E-state index in [4.69, 9.17) is 0 Å². The van der Waals surface area contributed by atoms with Crippen molar-refractivity contribution in [2.45, 2.75) is 11.3 Å². The maximum atomic E-state index is 4.30. The van der Waals surface area contributed by atoms with Crippen molar-refractivity contribution in [2.24, 2.45) is 0 Å². The molecule has 0 aromatic heterocycles. The van der Waals surface area contributed by atoms with E-state index in [0.29, 0.717) is 0 Å². The molecule has 1 saturated heterocycles. The quantitative estimate of drug-likeness (QED) is 0.384. The number of hydrogen-bond donors (Lipinski definition) is 3. The second kappa shape index (κ2) is 2.70. The summed E-state index contributed by atoms with van der Waals surface area (Å²) in [7, 11) is 0. The van der Waals surface area contributed by atoms with Crippen molar-refractivity contribution < 1.29 is 0 Å². The molecule has 2 nitrogen and oxygen atoms in total. The van der Waals surface area contributed by atoms with E-state index in [0.717, 1.165) is 19.6 Å². The molecule has 1 fully saturated rings. The van der Waals surface area contributed by atoms with E-state index in [2.05, 4.69) is 42.4 Å². The lowest BCUT2D eigenvalue weighted by Crippen LogP contribution is -2.40. The van der Waals surface area contributed by atoms with E-state index in [9.17, 15) is 0 Å². The Kier molecular flexibility index (Phi) is 2.32. The predicted octanol–water partition coefficient (Wildman–Crippen LogP) is 0.382. The molecule has 0 spiro atoms. The fourth-order valence-corrected chi connectivity index (χ4v) is 1.71. The maximum Gasteiger partial charge on any atom is 0.162 e. The van der Waals surface area contributed by atoms with Crippen LogP contribution in [0.25, 0.3) is 0 Å². The summed E-state index contributed by atoms with van der Waals surface area (Å²) in [5.41, 5.74) is 0. The highest BCUT2D eigenvalue weighted by Gasteiger charge is 2.31. The van der Waals surface area contributed by atoms with Crippen molar-refractivity contribution in [3.63, 3.8) is 0 Å². The molecule has 4 heteroatoms. The molecule has 9 heavy (non-hydrogen) atoms. The predicted molar refractivity (Wildman–Crippen MR) is 46.0 cm³/mol. The van der Waals surface area contributed by atoms with Gasteiger partial charge in [-0.15, -0.1) is 25.3 Å². The Bertz CT molecular complexity index is 105. The van der Waals surface area contributed by atoms with Crippen molar-refractivity contribution in [1.29, 1.82) is 0 Å². The number of rotatable bonds is 1. The molecule has 0 aliphatic carbocycles. The van der Waals surface area contributed by atoms with Crippen LogP contribution in [0.15, 0.2) is 0 Å². The molecule has 1 heterocycles. The molecule has 0 bridgehead atoms. The lowest BCUT2D eigenvalue weighted by atomic mass is 10.6. The summed E-state index contributed by atoms with van der Waals surface area (Å²) >= 11 is 8.61. The van der Waals surface area contributed by atoms with Crippen LogP contribution in [0, 0.1) is 0 Å². The van der Waals surface area contributed by atoms with E-state index < -0.39 is 0 Å². The fourth-order valence-electron chi connectivity index (χ4n) is 1.00. The highest BCUT2D eigenvalue weighted by Crippen LogP contribution is 2.24. The van der Waals surface area contributed by atoms with Gasteiger partial charge < -0.3 is 0 Å². The van der Waals surface area contributed by atoms with Gasteiger partial charge in [-0.05, 0) is 6.54 Å². The van der Waals surface area contributed by atoms with Gasteiger partial charge in [-0.2, -0.15) is 0 Å². The van der Waals surface area contributed by atoms with Crippen molar-refractivity contribution >= 4 is 25.3 Å². The van der Waals surface area contributed by atoms with Gasteiger partial charge in [-0.25, -0.2) is 0 Å². The van der Waals surface area contributed by atoms with Crippen LogP contribution in [-0.4, -0.2) is 28.9 Å². The first-order valence-corrected chi connectivity index (χ1v) is 4.01. The lowest BCUT2D eigenvalue weighted by Gasteiger charge is -2.27. The van der Waals surface area contributed by atoms with Gasteiger partial charge in [-0.1, -0.05) is 6.92 Å². The molecule has 0 saturated carbocycles. The lowest BCUT2D eigenvalue weighted by molar-refractivity contribution is 0.306. The van der Waals surface area contributed by atoms with Crippen molar-refractivity contribution in [3.8, 4) is 0 Å². The van der Waals surface area contributed by atoms with E-state index >= 15 is 0 Å². The van der Waals surface area contributed by atoms with Gasteiger partial charge in [0.1, 0.15) is 0 Å². The molecule has 1 aliphatic heterocycles. The molecule has 54 valence electrons. The number of thiol groups is 2. The van der Waals surface area contributed by atoms with Crippen molar-refractivity contribution in [1.82, 2.24) is 10.2 Å². The van der Waals surface area contributed by atoms with Gasteiger partial charge in [0.15, 0.2) is 4.33 Å². The first-order chi connectivity index (χ1) is 4.17.